The van der Waals surface area contributed by atoms with E-state index in [4.69, 9.17) is 15.2 Å². The summed E-state index contributed by atoms with van der Waals surface area (Å²) in [6.45, 7) is 10.0. The topological polar surface area (TPSA) is 77.8 Å². The molecule has 0 aliphatic rings. The number of benzene rings is 1. The Morgan fingerprint density at radius 2 is 1.62 bits per heavy atom. The van der Waals surface area contributed by atoms with E-state index in [0.717, 1.165) is 0 Å². The minimum Gasteiger partial charge on any atom is -0.478 e. The van der Waals surface area contributed by atoms with Gasteiger partial charge in [0, 0.05) is 0 Å². The first kappa shape index (κ1) is 16.8. The third-order valence-corrected chi connectivity index (χ3v) is 1.47. The summed E-state index contributed by atoms with van der Waals surface area (Å²) in [6.07, 6.45) is 0. The smallest absolute Gasteiger partial charge is 0.478 e. The fourth-order valence-electron chi connectivity index (χ4n) is 0.917. The second-order valence-corrected chi connectivity index (χ2v) is 2.27. The van der Waals surface area contributed by atoms with E-state index in [2.05, 4.69) is 13.2 Å². The van der Waals surface area contributed by atoms with Crippen LogP contribution in [0.4, 0.5) is 0 Å². The predicted octanol–water partition coefficient (Wildman–Crippen LogP) is 0.893. The molecule has 0 saturated carbocycles. The van der Waals surface area contributed by atoms with Gasteiger partial charge in [-0.15, -0.1) is 13.2 Å². The van der Waals surface area contributed by atoms with Gasteiger partial charge in [0.15, 0.2) is 0 Å². The van der Waals surface area contributed by atoms with Gasteiger partial charge in [-0.2, -0.15) is 0 Å². The van der Waals surface area contributed by atoms with Crippen molar-refractivity contribution in [2.45, 2.75) is 13.8 Å². The fourth-order valence-corrected chi connectivity index (χ4v) is 0.917. The Hall–Kier alpha value is -1.59. The normalized spacial score (nSPS) is 7.75. The molecular weight excluding hydrogens is 207 g/mol. The van der Waals surface area contributed by atoms with Crippen LogP contribution >= 0.6 is 0 Å². The number of carboxylic acid groups (broad SMARTS) is 1. The molecule has 5 heteroatoms. The van der Waals surface area contributed by atoms with Crippen molar-refractivity contribution in [2.75, 3.05) is 0 Å². The summed E-state index contributed by atoms with van der Waals surface area (Å²) in [6, 6.07) is 5.74. The second-order valence-electron chi connectivity index (χ2n) is 2.27. The van der Waals surface area contributed by atoms with Crippen LogP contribution in [0.3, 0.4) is 0 Å². The van der Waals surface area contributed by atoms with Crippen molar-refractivity contribution in [3.8, 4) is 0 Å². The minimum absolute atomic E-state index is 0.00463. The van der Waals surface area contributed by atoms with E-state index in [9.17, 15) is 4.79 Å². The maximum Gasteiger partial charge on any atom is 0.489 e. The molecule has 0 radical (unpaired) electrons. The van der Waals surface area contributed by atoms with E-state index in [1.165, 1.54) is 18.2 Å². The summed E-state index contributed by atoms with van der Waals surface area (Å²) in [4.78, 5) is 10.5. The Kier molecular flexibility index (Phi) is 10.5. The molecule has 0 fully saturated rings. The Bertz CT molecular complexity index is 313. The Labute approximate surface area is 96.0 Å². The van der Waals surface area contributed by atoms with E-state index >= 15 is 0 Å². The second kappa shape index (κ2) is 9.95. The summed E-state index contributed by atoms with van der Waals surface area (Å²) >= 11 is 0. The highest BCUT2D eigenvalue weighted by molar-refractivity contribution is 6.60. The van der Waals surface area contributed by atoms with Crippen molar-refractivity contribution in [3.05, 3.63) is 43.0 Å². The van der Waals surface area contributed by atoms with Gasteiger partial charge in [-0.1, -0.05) is 32.0 Å². The van der Waals surface area contributed by atoms with Crippen molar-refractivity contribution in [3.63, 3.8) is 0 Å². The highest BCUT2D eigenvalue weighted by atomic mass is 16.4. The Morgan fingerprint density at radius 1 is 1.19 bits per heavy atom. The van der Waals surface area contributed by atoms with Crippen LogP contribution in [-0.4, -0.2) is 28.2 Å². The van der Waals surface area contributed by atoms with Crippen LogP contribution in [0, 0.1) is 0 Å². The first-order chi connectivity index (χ1) is 7.63. The van der Waals surface area contributed by atoms with Crippen LogP contribution in [-0.2, 0) is 0 Å². The van der Waals surface area contributed by atoms with Crippen molar-refractivity contribution >= 4 is 18.6 Å². The number of rotatable bonds is 2. The molecule has 1 rings (SSSR count). The summed E-state index contributed by atoms with van der Waals surface area (Å²) in [5.74, 6) is -1.17. The quantitative estimate of drug-likeness (QED) is 0.515. The highest BCUT2D eigenvalue weighted by Gasteiger charge is 2.18. The van der Waals surface area contributed by atoms with Gasteiger partial charge in [-0.25, -0.2) is 4.79 Å². The number of carbonyl (C=O) groups is 1. The molecule has 1 aromatic carbocycles. The lowest BCUT2D eigenvalue weighted by molar-refractivity contribution is 0.0697. The van der Waals surface area contributed by atoms with Gasteiger partial charge >= 0.3 is 13.1 Å². The van der Waals surface area contributed by atoms with Crippen molar-refractivity contribution in [1.82, 2.24) is 0 Å². The van der Waals surface area contributed by atoms with Gasteiger partial charge in [-0.05, 0) is 11.5 Å². The SMILES string of the molecule is C=C.CC.O=C(O)c1ccccc1B(O)O. The lowest BCUT2D eigenvalue weighted by Crippen LogP contribution is -2.34. The number of carboxylic acids is 1. The molecule has 0 aliphatic heterocycles. The van der Waals surface area contributed by atoms with E-state index in [0.29, 0.717) is 0 Å². The summed E-state index contributed by atoms with van der Waals surface area (Å²) in [5, 5.41) is 26.1. The Balaban J connectivity index is 0. The molecule has 0 saturated heterocycles. The molecule has 4 nitrogen and oxygen atoms in total. The average Bonchev–Trinajstić information content (AvgIpc) is 2.34. The molecule has 0 atom stereocenters. The standard InChI is InChI=1S/C7H7BO4.C2H6.C2H4/c9-7(10)5-3-1-2-4-6(5)8(11)12;2*1-2/h1-4,11-12H,(H,9,10);1-2H3;1-2H2. The van der Waals surface area contributed by atoms with Crippen molar-refractivity contribution in [1.29, 1.82) is 0 Å². The van der Waals surface area contributed by atoms with Crippen LogP contribution in [0.5, 0.6) is 0 Å². The molecule has 88 valence electrons. The molecule has 0 unspecified atom stereocenters. The zero-order valence-corrected chi connectivity index (χ0v) is 9.55. The zero-order chi connectivity index (χ0) is 13.1. The van der Waals surface area contributed by atoms with Gasteiger partial charge in [0.05, 0.1) is 5.56 Å². The van der Waals surface area contributed by atoms with Crippen LogP contribution in [0.2, 0.25) is 0 Å². The molecule has 16 heavy (non-hydrogen) atoms. The molecule has 0 spiro atoms. The third kappa shape index (κ3) is 5.33. The van der Waals surface area contributed by atoms with Gasteiger partial charge in [0.2, 0.25) is 0 Å². The minimum atomic E-state index is -1.74. The molecule has 1 aromatic rings. The monoisotopic (exact) mass is 224 g/mol. The number of hydrogen-bond acceptors (Lipinski definition) is 3. The van der Waals surface area contributed by atoms with Crippen molar-refractivity contribution < 1.29 is 19.9 Å². The molecule has 0 aliphatic carbocycles. The first-order valence-electron chi connectivity index (χ1n) is 4.81. The van der Waals surface area contributed by atoms with Crippen LogP contribution < -0.4 is 5.46 Å². The molecular formula is C11H17BO4. The van der Waals surface area contributed by atoms with Gasteiger partial charge in [-0.3, -0.25) is 0 Å². The molecule has 0 bridgehead atoms. The van der Waals surface area contributed by atoms with Gasteiger partial charge in [0.25, 0.3) is 0 Å². The number of aromatic carboxylic acids is 1. The van der Waals surface area contributed by atoms with Crippen molar-refractivity contribution in [2.24, 2.45) is 0 Å². The first-order valence-corrected chi connectivity index (χ1v) is 4.81. The maximum atomic E-state index is 10.5. The lowest BCUT2D eigenvalue weighted by atomic mass is 9.77. The zero-order valence-electron chi connectivity index (χ0n) is 9.55. The molecule has 0 aromatic heterocycles. The van der Waals surface area contributed by atoms with Crippen LogP contribution in [0.25, 0.3) is 0 Å². The van der Waals surface area contributed by atoms with E-state index in [-0.39, 0.29) is 11.0 Å². The summed E-state index contributed by atoms with van der Waals surface area (Å²) < 4.78 is 0. The maximum absolute atomic E-state index is 10.5. The van der Waals surface area contributed by atoms with E-state index < -0.39 is 13.1 Å². The summed E-state index contributed by atoms with van der Waals surface area (Å²) in [7, 11) is -1.74. The van der Waals surface area contributed by atoms with Crippen LogP contribution in [0.1, 0.15) is 24.2 Å². The fraction of sp³-hybridized carbons (Fsp3) is 0.182. The van der Waals surface area contributed by atoms with Gasteiger partial charge in [0.1, 0.15) is 0 Å². The van der Waals surface area contributed by atoms with E-state index in [1.54, 1.807) is 6.07 Å². The molecule has 3 N–H and O–H groups in total. The van der Waals surface area contributed by atoms with E-state index in [1.807, 2.05) is 13.8 Å². The largest absolute Gasteiger partial charge is 0.489 e. The highest BCUT2D eigenvalue weighted by Crippen LogP contribution is 1.96. The Morgan fingerprint density at radius 3 is 1.94 bits per heavy atom. The molecule has 0 amide bonds. The van der Waals surface area contributed by atoms with Crippen LogP contribution in [0.15, 0.2) is 37.4 Å². The molecule has 0 heterocycles. The lowest BCUT2D eigenvalue weighted by Gasteiger charge is -2.02. The van der Waals surface area contributed by atoms with Gasteiger partial charge < -0.3 is 15.2 Å². The third-order valence-electron chi connectivity index (χ3n) is 1.47. The number of hydrogen-bond donors (Lipinski definition) is 3. The predicted molar refractivity (Wildman–Crippen MR) is 65.8 cm³/mol. The summed E-state index contributed by atoms with van der Waals surface area (Å²) in [5.41, 5.74) is -0.0856. The average molecular weight is 224 g/mol.